The number of imidazole rings is 1. The van der Waals surface area contributed by atoms with Gasteiger partial charge in [0.15, 0.2) is 5.70 Å². The molecule has 0 spiro atoms. The number of allylic oxidation sites excluding steroid dienone is 1. The maximum atomic E-state index is 12.7. The number of hydrogen-bond acceptors (Lipinski definition) is 7. The Morgan fingerprint density at radius 3 is 2.11 bits per heavy atom. The maximum absolute atomic E-state index is 12.7. The number of carbonyl (C=O) groups is 3. The molecule has 0 aliphatic rings. The van der Waals surface area contributed by atoms with Crippen LogP contribution < -0.4 is 22.1 Å². The number of nitrogens with one attached hydrogen (secondary N) is 4. The number of carbonyl (C=O) groups excluding carboxylic acids is 3. The molecule has 1 heterocycles. The van der Waals surface area contributed by atoms with Gasteiger partial charge in [-0.05, 0) is 73.7 Å². The molecular weight excluding hydrogens is 478 g/mol. The number of hydrogen-bond donors (Lipinski definition) is 6. The number of aliphatic hydroxyl groups excluding tert-OH is 1. The lowest BCUT2D eigenvalue weighted by molar-refractivity contribution is -0.113. The number of nitrogens with two attached hydrogens (primary N) is 1. The molecule has 1 aromatic heterocycles. The number of H-pyrrole nitrogens is 2. The predicted octanol–water partition coefficient (Wildman–Crippen LogP) is 3.72. The molecule has 0 saturated carbocycles. The fourth-order valence-electron chi connectivity index (χ4n) is 3.29. The topological polar surface area (TPSA) is 195 Å². The number of amides is 3. The number of azo groups is 1. The minimum absolute atomic E-state index is 0.316. The average molecular weight is 499 g/mol. The van der Waals surface area contributed by atoms with E-state index in [0.717, 1.165) is 0 Å². The van der Waals surface area contributed by atoms with Gasteiger partial charge in [0, 0.05) is 22.5 Å². The molecule has 0 aliphatic heterocycles. The molecule has 3 aromatic carbocycles. The van der Waals surface area contributed by atoms with Crippen LogP contribution in [0.1, 0.15) is 27.6 Å². The highest BCUT2D eigenvalue weighted by Crippen LogP contribution is 2.20. The summed E-state index contributed by atoms with van der Waals surface area (Å²) in [6.45, 7) is 1.30. The van der Waals surface area contributed by atoms with Crippen molar-refractivity contribution in [3.63, 3.8) is 0 Å². The molecule has 3 amide bonds. The summed E-state index contributed by atoms with van der Waals surface area (Å²) in [5.74, 6) is -2.01. The van der Waals surface area contributed by atoms with E-state index in [4.69, 9.17) is 5.73 Å². The van der Waals surface area contributed by atoms with Gasteiger partial charge in [-0.3, -0.25) is 14.4 Å². The number of benzene rings is 3. The molecule has 12 nitrogen and oxygen atoms in total. The van der Waals surface area contributed by atoms with Crippen molar-refractivity contribution in [2.45, 2.75) is 6.92 Å². The standard InChI is InChI=1S/C25H21N7O5/c1-13(33)21(24(36)28-18-10-11-19-20(12-18)30-25(37)29-19)32-31-17-8-4-15(5-9-17)23(35)27-16-6-2-14(3-7-16)22(26)34/h2-12,33H,1H3,(H2,26,34)(H,27,35)(H,28,36)(H2,29,30,37)/b21-13+,32-31?. The van der Waals surface area contributed by atoms with Gasteiger partial charge in [0.25, 0.3) is 11.8 Å². The first-order chi connectivity index (χ1) is 17.7. The summed E-state index contributed by atoms with van der Waals surface area (Å²) < 4.78 is 0. The monoisotopic (exact) mass is 499 g/mol. The fraction of sp³-hybridized carbons (Fsp3) is 0.0400. The van der Waals surface area contributed by atoms with Crippen molar-refractivity contribution in [1.29, 1.82) is 0 Å². The lowest BCUT2D eigenvalue weighted by Crippen LogP contribution is -2.14. The van der Waals surface area contributed by atoms with E-state index in [0.29, 0.717) is 39.2 Å². The third kappa shape index (κ3) is 5.95. The first-order valence-electron chi connectivity index (χ1n) is 10.9. The van der Waals surface area contributed by atoms with E-state index < -0.39 is 11.8 Å². The van der Waals surface area contributed by atoms with Crippen molar-refractivity contribution >= 4 is 45.8 Å². The molecule has 4 aromatic rings. The molecule has 0 radical (unpaired) electrons. The van der Waals surface area contributed by atoms with Crippen LogP contribution in [-0.4, -0.2) is 32.8 Å². The van der Waals surface area contributed by atoms with E-state index in [1.807, 2.05) is 0 Å². The van der Waals surface area contributed by atoms with Gasteiger partial charge in [0.05, 0.1) is 16.7 Å². The van der Waals surface area contributed by atoms with Gasteiger partial charge in [-0.2, -0.15) is 5.11 Å². The van der Waals surface area contributed by atoms with Crippen molar-refractivity contribution in [2.75, 3.05) is 10.6 Å². The molecule has 0 aliphatic carbocycles. The molecule has 0 unspecified atom stereocenters. The molecule has 12 heteroatoms. The van der Waals surface area contributed by atoms with Crippen LogP contribution in [0.2, 0.25) is 0 Å². The number of primary amides is 1. The highest BCUT2D eigenvalue weighted by Gasteiger charge is 2.14. The Morgan fingerprint density at radius 2 is 1.46 bits per heavy atom. The van der Waals surface area contributed by atoms with Crippen molar-refractivity contribution < 1.29 is 19.5 Å². The highest BCUT2D eigenvalue weighted by molar-refractivity contribution is 6.05. The third-order valence-electron chi connectivity index (χ3n) is 5.15. The van der Waals surface area contributed by atoms with E-state index >= 15 is 0 Å². The summed E-state index contributed by atoms with van der Waals surface area (Å²) in [5, 5.41) is 23.1. The summed E-state index contributed by atoms with van der Waals surface area (Å²) in [4.78, 5) is 52.9. The Hall–Kier alpha value is -5.52. The van der Waals surface area contributed by atoms with Crippen molar-refractivity contribution in [1.82, 2.24) is 9.97 Å². The number of rotatable bonds is 7. The van der Waals surface area contributed by atoms with Crippen LogP contribution in [0.3, 0.4) is 0 Å². The van der Waals surface area contributed by atoms with Gasteiger partial charge in [-0.1, -0.05) is 0 Å². The number of fused-ring (bicyclic) bond motifs is 1. The molecule has 7 N–H and O–H groups in total. The Kier molecular flexibility index (Phi) is 6.91. The lowest BCUT2D eigenvalue weighted by Gasteiger charge is -2.07. The molecule has 0 atom stereocenters. The Balaban J connectivity index is 1.42. The fourth-order valence-corrected chi connectivity index (χ4v) is 3.29. The van der Waals surface area contributed by atoms with E-state index in [9.17, 15) is 24.3 Å². The number of aromatic nitrogens is 2. The molecule has 0 bridgehead atoms. The van der Waals surface area contributed by atoms with Crippen molar-refractivity contribution in [3.05, 3.63) is 99.8 Å². The molecule has 37 heavy (non-hydrogen) atoms. The molecule has 186 valence electrons. The molecular formula is C25H21N7O5. The number of aliphatic hydroxyl groups is 1. The van der Waals surface area contributed by atoms with Crippen LogP contribution in [0, 0.1) is 0 Å². The van der Waals surface area contributed by atoms with Crippen molar-refractivity contribution in [3.8, 4) is 0 Å². The van der Waals surface area contributed by atoms with Gasteiger partial charge in [0.1, 0.15) is 5.76 Å². The predicted molar refractivity (Wildman–Crippen MR) is 137 cm³/mol. The van der Waals surface area contributed by atoms with Crippen LogP contribution in [0.15, 0.2) is 93.2 Å². The Bertz CT molecular complexity index is 1610. The number of nitrogens with zero attached hydrogens (tertiary/aromatic N) is 2. The summed E-state index contributed by atoms with van der Waals surface area (Å²) in [6, 6.07) is 17.0. The normalized spacial score (nSPS) is 11.8. The van der Waals surface area contributed by atoms with E-state index in [-0.39, 0.29) is 23.1 Å². The highest BCUT2D eigenvalue weighted by atomic mass is 16.3. The van der Waals surface area contributed by atoms with E-state index in [1.165, 1.54) is 43.3 Å². The van der Waals surface area contributed by atoms with Crippen LogP contribution >= 0.6 is 0 Å². The third-order valence-corrected chi connectivity index (χ3v) is 5.15. The zero-order valence-corrected chi connectivity index (χ0v) is 19.4. The van der Waals surface area contributed by atoms with Crippen molar-refractivity contribution in [2.24, 2.45) is 16.0 Å². The van der Waals surface area contributed by atoms with Gasteiger partial charge in [-0.25, -0.2) is 4.79 Å². The summed E-state index contributed by atoms with van der Waals surface area (Å²) in [5.41, 5.74) is 7.46. The lowest BCUT2D eigenvalue weighted by atomic mass is 10.1. The number of aromatic amines is 2. The summed E-state index contributed by atoms with van der Waals surface area (Å²) in [7, 11) is 0. The van der Waals surface area contributed by atoms with Gasteiger partial charge >= 0.3 is 5.69 Å². The molecule has 0 fully saturated rings. The second-order valence-electron chi connectivity index (χ2n) is 7.87. The van der Waals surface area contributed by atoms with E-state index in [1.54, 1.807) is 30.3 Å². The Labute approximate surface area is 208 Å². The zero-order valence-electron chi connectivity index (χ0n) is 19.4. The maximum Gasteiger partial charge on any atom is 0.323 e. The SMILES string of the molecule is C/C(O)=C(\N=Nc1ccc(C(=O)Nc2ccc(C(N)=O)cc2)cc1)C(=O)Nc1ccc2[nH]c(=O)[nH]c2c1. The minimum atomic E-state index is -0.709. The minimum Gasteiger partial charge on any atom is -0.510 e. The quantitative estimate of drug-likeness (QED) is 0.128. The second-order valence-corrected chi connectivity index (χ2v) is 7.87. The largest absolute Gasteiger partial charge is 0.510 e. The van der Waals surface area contributed by atoms with Gasteiger partial charge < -0.3 is 31.4 Å². The second kappa shape index (κ2) is 10.4. The smallest absolute Gasteiger partial charge is 0.323 e. The van der Waals surface area contributed by atoms with Crippen LogP contribution in [0.4, 0.5) is 17.1 Å². The van der Waals surface area contributed by atoms with E-state index in [2.05, 4.69) is 30.8 Å². The van der Waals surface area contributed by atoms with Crippen LogP contribution in [0.25, 0.3) is 11.0 Å². The first kappa shape index (κ1) is 24.6. The van der Waals surface area contributed by atoms with Gasteiger partial charge in [0.2, 0.25) is 5.91 Å². The van der Waals surface area contributed by atoms with Crippen LogP contribution in [0.5, 0.6) is 0 Å². The summed E-state index contributed by atoms with van der Waals surface area (Å²) >= 11 is 0. The molecule has 4 rings (SSSR count). The zero-order chi connectivity index (χ0) is 26.5. The van der Waals surface area contributed by atoms with Crippen LogP contribution in [-0.2, 0) is 4.79 Å². The molecule has 0 saturated heterocycles. The first-order valence-corrected chi connectivity index (χ1v) is 10.9. The summed E-state index contributed by atoms with van der Waals surface area (Å²) in [6.07, 6.45) is 0. The number of anilines is 2. The Morgan fingerprint density at radius 1 is 0.838 bits per heavy atom. The average Bonchev–Trinajstić information content (AvgIpc) is 3.24. The van der Waals surface area contributed by atoms with Gasteiger partial charge in [-0.15, -0.1) is 5.11 Å².